The van der Waals surface area contributed by atoms with Crippen molar-refractivity contribution in [3.63, 3.8) is 0 Å². The first kappa shape index (κ1) is 12.7. The molecule has 0 aliphatic rings. The molecule has 1 unspecified atom stereocenters. The molecule has 0 aliphatic heterocycles. The van der Waals surface area contributed by atoms with Crippen LogP contribution in [0.25, 0.3) is 0 Å². The quantitative estimate of drug-likeness (QED) is 0.846. The van der Waals surface area contributed by atoms with Crippen LogP contribution < -0.4 is 0 Å². The van der Waals surface area contributed by atoms with Crippen molar-refractivity contribution in [1.29, 1.82) is 5.26 Å². The van der Waals surface area contributed by atoms with Gasteiger partial charge in [0, 0.05) is 10.6 Å². The molecule has 1 N–H and O–H groups in total. The fraction of sp³-hybridized carbons (Fsp3) is 0.300. The van der Waals surface area contributed by atoms with E-state index in [-0.39, 0.29) is 6.42 Å². The molecule has 0 saturated carbocycles. The third kappa shape index (κ3) is 4.31. The van der Waals surface area contributed by atoms with Crippen molar-refractivity contribution in [2.75, 3.05) is 5.75 Å². The Hall–Kier alpha value is -0.400. The van der Waals surface area contributed by atoms with Crippen LogP contribution in [-0.4, -0.2) is 17.0 Å². The number of thioether (sulfide) groups is 1. The van der Waals surface area contributed by atoms with Gasteiger partial charge in [0.05, 0.1) is 28.6 Å². The van der Waals surface area contributed by atoms with Gasteiger partial charge in [0.15, 0.2) is 0 Å². The van der Waals surface area contributed by atoms with Gasteiger partial charge >= 0.3 is 0 Å². The maximum atomic E-state index is 9.33. The molecule has 0 heterocycles. The maximum Gasteiger partial charge on any atom is 0.0763 e. The highest BCUT2D eigenvalue weighted by Crippen LogP contribution is 2.28. The molecular weight excluding hydrogens is 253 g/mol. The first-order valence-corrected chi connectivity index (χ1v) is 6.00. The number of aliphatic hydroxyl groups excluding tert-OH is 1. The van der Waals surface area contributed by atoms with Crippen LogP contribution in [0.15, 0.2) is 23.1 Å². The zero-order chi connectivity index (χ0) is 11.3. The lowest BCUT2D eigenvalue weighted by Crippen LogP contribution is -2.07. The zero-order valence-electron chi connectivity index (χ0n) is 7.78. The van der Waals surface area contributed by atoms with E-state index in [4.69, 9.17) is 28.5 Å². The van der Waals surface area contributed by atoms with Crippen molar-refractivity contribution in [2.24, 2.45) is 0 Å². The van der Waals surface area contributed by atoms with Gasteiger partial charge in [-0.05, 0) is 18.2 Å². The second-order valence-electron chi connectivity index (χ2n) is 2.90. The van der Waals surface area contributed by atoms with E-state index < -0.39 is 6.10 Å². The van der Waals surface area contributed by atoms with Crippen LogP contribution in [0.2, 0.25) is 10.0 Å². The third-order valence-corrected chi connectivity index (χ3v) is 3.54. The summed E-state index contributed by atoms with van der Waals surface area (Å²) in [5, 5.41) is 18.7. The molecule has 1 rings (SSSR count). The van der Waals surface area contributed by atoms with E-state index in [9.17, 15) is 5.11 Å². The fourth-order valence-electron chi connectivity index (χ4n) is 0.923. The number of aliphatic hydroxyl groups is 1. The van der Waals surface area contributed by atoms with Crippen molar-refractivity contribution in [3.05, 3.63) is 28.2 Å². The molecule has 80 valence electrons. The average molecular weight is 262 g/mol. The summed E-state index contributed by atoms with van der Waals surface area (Å²) in [6, 6.07) is 7.20. The van der Waals surface area contributed by atoms with E-state index >= 15 is 0 Å². The molecule has 0 saturated heterocycles. The molecule has 0 aromatic heterocycles. The molecule has 0 aliphatic carbocycles. The van der Waals surface area contributed by atoms with Gasteiger partial charge in [0.1, 0.15) is 0 Å². The average Bonchev–Trinajstić information content (AvgIpc) is 2.20. The number of hydrogen-bond donors (Lipinski definition) is 1. The van der Waals surface area contributed by atoms with Gasteiger partial charge in [-0.1, -0.05) is 23.2 Å². The summed E-state index contributed by atoms with van der Waals surface area (Å²) in [6.07, 6.45) is -0.455. The van der Waals surface area contributed by atoms with Crippen LogP contribution in [0.1, 0.15) is 6.42 Å². The number of rotatable bonds is 4. The molecule has 0 bridgehead atoms. The van der Waals surface area contributed by atoms with Crippen molar-refractivity contribution in [2.45, 2.75) is 17.4 Å². The summed E-state index contributed by atoms with van der Waals surface area (Å²) in [4.78, 5) is 0.932. The first-order chi connectivity index (χ1) is 7.13. The highest BCUT2D eigenvalue weighted by atomic mass is 35.5. The second kappa shape index (κ2) is 6.24. The Kier molecular flexibility index (Phi) is 5.27. The lowest BCUT2D eigenvalue weighted by molar-refractivity contribution is 0.205. The van der Waals surface area contributed by atoms with E-state index in [1.165, 1.54) is 11.8 Å². The molecule has 1 atom stereocenters. The second-order valence-corrected chi connectivity index (χ2v) is 4.81. The van der Waals surface area contributed by atoms with E-state index in [1.54, 1.807) is 12.1 Å². The minimum atomic E-state index is -0.602. The number of nitriles is 1. The Bertz CT molecular complexity index is 378. The molecule has 0 radical (unpaired) electrons. The molecule has 0 fully saturated rings. The summed E-state index contributed by atoms with van der Waals surface area (Å²) >= 11 is 13.0. The van der Waals surface area contributed by atoms with E-state index in [1.807, 2.05) is 12.1 Å². The van der Waals surface area contributed by atoms with Gasteiger partial charge in [-0.15, -0.1) is 11.8 Å². The van der Waals surface area contributed by atoms with Crippen LogP contribution in [0, 0.1) is 11.3 Å². The van der Waals surface area contributed by atoms with Gasteiger partial charge in [-0.3, -0.25) is 0 Å². The van der Waals surface area contributed by atoms with Crippen molar-refractivity contribution < 1.29 is 5.11 Å². The Balaban J connectivity index is 2.51. The lowest BCUT2D eigenvalue weighted by Gasteiger charge is -2.06. The Morgan fingerprint density at radius 1 is 1.40 bits per heavy atom. The normalized spacial score (nSPS) is 12.1. The highest BCUT2D eigenvalue weighted by Gasteiger charge is 2.05. The van der Waals surface area contributed by atoms with Gasteiger partial charge in [-0.2, -0.15) is 5.26 Å². The van der Waals surface area contributed by atoms with Crippen LogP contribution >= 0.6 is 35.0 Å². The number of nitrogens with zero attached hydrogens (tertiary/aromatic N) is 1. The molecule has 1 aromatic rings. The molecule has 0 spiro atoms. The van der Waals surface area contributed by atoms with Gasteiger partial charge < -0.3 is 5.11 Å². The summed E-state index contributed by atoms with van der Waals surface area (Å²) < 4.78 is 0. The highest BCUT2D eigenvalue weighted by molar-refractivity contribution is 7.99. The SMILES string of the molecule is N#CCC(O)CSc1ccc(Cl)c(Cl)c1. The van der Waals surface area contributed by atoms with E-state index in [2.05, 4.69) is 0 Å². The van der Waals surface area contributed by atoms with Crippen molar-refractivity contribution in [1.82, 2.24) is 0 Å². The summed E-state index contributed by atoms with van der Waals surface area (Å²) in [6.45, 7) is 0. The Morgan fingerprint density at radius 2 is 2.13 bits per heavy atom. The standard InChI is InChI=1S/C10H9Cl2NOS/c11-9-2-1-8(5-10(9)12)15-6-7(14)3-4-13/h1-2,5,7,14H,3,6H2. The summed E-state index contributed by atoms with van der Waals surface area (Å²) in [7, 11) is 0. The predicted molar refractivity (Wildman–Crippen MR) is 63.4 cm³/mol. The number of halogens is 2. The van der Waals surface area contributed by atoms with Crippen LogP contribution in [-0.2, 0) is 0 Å². The molecule has 2 nitrogen and oxygen atoms in total. The number of benzene rings is 1. The fourth-order valence-corrected chi connectivity index (χ4v) is 2.15. The first-order valence-electron chi connectivity index (χ1n) is 4.26. The minimum absolute atomic E-state index is 0.147. The summed E-state index contributed by atoms with van der Waals surface area (Å²) in [5.74, 6) is 0.478. The van der Waals surface area contributed by atoms with Gasteiger partial charge in [0.25, 0.3) is 0 Å². The maximum absolute atomic E-state index is 9.33. The Labute approximate surface area is 103 Å². The van der Waals surface area contributed by atoms with Gasteiger partial charge in [0.2, 0.25) is 0 Å². The smallest absolute Gasteiger partial charge is 0.0763 e. The minimum Gasteiger partial charge on any atom is -0.391 e. The van der Waals surface area contributed by atoms with Crippen LogP contribution in [0.4, 0.5) is 0 Å². The molecule has 15 heavy (non-hydrogen) atoms. The van der Waals surface area contributed by atoms with E-state index in [0.29, 0.717) is 15.8 Å². The van der Waals surface area contributed by atoms with Gasteiger partial charge in [-0.25, -0.2) is 0 Å². The molecule has 1 aromatic carbocycles. The molecule has 5 heteroatoms. The van der Waals surface area contributed by atoms with E-state index in [0.717, 1.165) is 4.90 Å². The summed E-state index contributed by atoms with van der Waals surface area (Å²) in [5.41, 5.74) is 0. The Morgan fingerprint density at radius 3 is 2.73 bits per heavy atom. The zero-order valence-corrected chi connectivity index (χ0v) is 10.1. The van der Waals surface area contributed by atoms with Crippen LogP contribution in [0.3, 0.4) is 0 Å². The third-order valence-electron chi connectivity index (χ3n) is 1.66. The topological polar surface area (TPSA) is 44.0 Å². The molecular formula is C10H9Cl2NOS. The number of hydrogen-bond acceptors (Lipinski definition) is 3. The lowest BCUT2D eigenvalue weighted by atomic mass is 10.3. The largest absolute Gasteiger partial charge is 0.391 e. The predicted octanol–water partition coefficient (Wildman–Crippen LogP) is 3.36. The van der Waals surface area contributed by atoms with Crippen LogP contribution in [0.5, 0.6) is 0 Å². The molecule has 0 amide bonds. The van der Waals surface area contributed by atoms with Crippen molar-refractivity contribution in [3.8, 4) is 6.07 Å². The monoisotopic (exact) mass is 261 g/mol. The van der Waals surface area contributed by atoms with Crippen molar-refractivity contribution >= 4 is 35.0 Å².